The first-order valence-corrected chi connectivity index (χ1v) is 5.40. The summed E-state index contributed by atoms with van der Waals surface area (Å²) in [5.74, 6) is 1.59. The van der Waals surface area contributed by atoms with E-state index in [1.54, 1.807) is 0 Å². The Balaban J connectivity index is 1.93. The molecule has 1 aromatic rings. The van der Waals surface area contributed by atoms with Crippen LogP contribution in [0.1, 0.15) is 18.9 Å². The lowest BCUT2D eigenvalue weighted by atomic mass is 10.1. The number of aryl methyl sites for hydroxylation is 1. The fourth-order valence-electron chi connectivity index (χ4n) is 1.61. The number of carbonyl (C=O) groups excluding carboxylic acids is 1. The van der Waals surface area contributed by atoms with Crippen LogP contribution in [0.3, 0.4) is 0 Å². The Bertz CT molecular complexity index is 443. The third-order valence-electron chi connectivity index (χ3n) is 2.52. The maximum absolute atomic E-state index is 10.1. The molecule has 0 atom stereocenters. The summed E-state index contributed by atoms with van der Waals surface area (Å²) in [6, 6.07) is 5.89. The van der Waals surface area contributed by atoms with Crippen molar-refractivity contribution in [2.75, 3.05) is 6.79 Å². The van der Waals surface area contributed by atoms with Crippen LogP contribution in [-0.4, -0.2) is 18.9 Å². The van der Waals surface area contributed by atoms with Gasteiger partial charge in [-0.25, -0.2) is 5.43 Å². The number of hydrazone groups is 1. The van der Waals surface area contributed by atoms with Gasteiger partial charge in [0.05, 0.1) is 0 Å². The molecule has 0 saturated carbocycles. The Kier molecular flexibility index (Phi) is 3.59. The number of nitrogens with one attached hydrogen (secondary N) is 1. The van der Waals surface area contributed by atoms with Gasteiger partial charge >= 0.3 is 0 Å². The van der Waals surface area contributed by atoms with Gasteiger partial charge in [0, 0.05) is 5.71 Å². The molecule has 0 fully saturated rings. The van der Waals surface area contributed by atoms with Gasteiger partial charge in [0.1, 0.15) is 0 Å². The van der Waals surface area contributed by atoms with Gasteiger partial charge in [0.25, 0.3) is 0 Å². The highest BCUT2D eigenvalue weighted by atomic mass is 16.7. The zero-order valence-electron chi connectivity index (χ0n) is 9.60. The maximum atomic E-state index is 10.1. The normalized spacial score (nSPS) is 13.6. The number of hydrogen-bond donors (Lipinski definition) is 1. The summed E-state index contributed by atoms with van der Waals surface area (Å²) in [5, 5.41) is 3.87. The molecule has 5 heteroatoms. The van der Waals surface area contributed by atoms with E-state index in [9.17, 15) is 4.79 Å². The molecule has 0 aromatic heterocycles. The molecule has 1 aliphatic heterocycles. The summed E-state index contributed by atoms with van der Waals surface area (Å²) in [7, 11) is 0. The average Bonchev–Trinajstić information content (AvgIpc) is 2.81. The molecule has 1 heterocycles. The molecule has 90 valence electrons. The molecule has 1 aliphatic rings. The number of ether oxygens (including phenoxy) is 2. The first-order valence-electron chi connectivity index (χ1n) is 5.40. The molecule has 0 aliphatic carbocycles. The van der Waals surface area contributed by atoms with Gasteiger partial charge in [0.15, 0.2) is 11.5 Å². The number of rotatable bonds is 5. The van der Waals surface area contributed by atoms with Crippen molar-refractivity contribution in [3.63, 3.8) is 0 Å². The van der Waals surface area contributed by atoms with Crippen LogP contribution in [-0.2, 0) is 11.2 Å². The molecular formula is C12H14N2O3. The van der Waals surface area contributed by atoms with Crippen LogP contribution < -0.4 is 14.9 Å². The SMILES string of the molecule is CC(CCc1ccc2c(c1)OCO2)=NNC=O. The zero-order valence-corrected chi connectivity index (χ0v) is 9.60. The molecule has 1 N–H and O–H groups in total. The van der Waals surface area contributed by atoms with Gasteiger partial charge in [-0.3, -0.25) is 4.79 Å². The van der Waals surface area contributed by atoms with Crippen molar-refractivity contribution in [3.05, 3.63) is 23.8 Å². The third-order valence-corrected chi connectivity index (χ3v) is 2.52. The van der Waals surface area contributed by atoms with Crippen molar-refractivity contribution in [2.45, 2.75) is 19.8 Å². The number of hydrogen-bond acceptors (Lipinski definition) is 4. The van der Waals surface area contributed by atoms with Crippen LogP contribution in [0, 0.1) is 0 Å². The molecule has 2 rings (SSSR count). The summed E-state index contributed by atoms with van der Waals surface area (Å²) >= 11 is 0. The van der Waals surface area contributed by atoms with E-state index in [1.807, 2.05) is 25.1 Å². The topological polar surface area (TPSA) is 59.9 Å². The highest BCUT2D eigenvalue weighted by Gasteiger charge is 2.12. The second-order valence-corrected chi connectivity index (χ2v) is 3.78. The van der Waals surface area contributed by atoms with Crippen molar-refractivity contribution in [2.24, 2.45) is 5.10 Å². The molecule has 0 bridgehead atoms. The number of fused-ring (bicyclic) bond motifs is 1. The van der Waals surface area contributed by atoms with Crippen molar-refractivity contribution in [1.82, 2.24) is 5.43 Å². The van der Waals surface area contributed by atoms with E-state index in [2.05, 4.69) is 10.5 Å². The molecule has 0 radical (unpaired) electrons. The standard InChI is InChI=1S/C12H14N2O3/c1-9(14-13-7-15)2-3-10-4-5-11-12(6-10)17-8-16-11/h4-7H,2-3,8H2,1H3,(H,13,15). The van der Waals surface area contributed by atoms with Gasteiger partial charge in [-0.15, -0.1) is 0 Å². The van der Waals surface area contributed by atoms with E-state index in [0.717, 1.165) is 35.6 Å². The van der Waals surface area contributed by atoms with E-state index in [1.165, 1.54) is 0 Å². The predicted octanol–water partition coefficient (Wildman–Crippen LogP) is 1.47. The van der Waals surface area contributed by atoms with Crippen LogP contribution in [0.2, 0.25) is 0 Å². The minimum atomic E-state index is 0.294. The fourth-order valence-corrected chi connectivity index (χ4v) is 1.61. The summed E-state index contributed by atoms with van der Waals surface area (Å²) in [5.41, 5.74) is 4.33. The third kappa shape index (κ3) is 2.96. The lowest BCUT2D eigenvalue weighted by Crippen LogP contribution is -2.06. The van der Waals surface area contributed by atoms with E-state index < -0.39 is 0 Å². The van der Waals surface area contributed by atoms with Crippen molar-refractivity contribution in [3.8, 4) is 11.5 Å². The van der Waals surface area contributed by atoms with Gasteiger partial charge in [-0.05, 0) is 37.5 Å². The minimum Gasteiger partial charge on any atom is -0.454 e. The second kappa shape index (κ2) is 5.34. The van der Waals surface area contributed by atoms with Gasteiger partial charge in [-0.2, -0.15) is 5.10 Å². The predicted molar refractivity (Wildman–Crippen MR) is 63.2 cm³/mol. The van der Waals surface area contributed by atoms with Crippen LogP contribution in [0.25, 0.3) is 0 Å². The van der Waals surface area contributed by atoms with Crippen LogP contribution in [0.4, 0.5) is 0 Å². The Morgan fingerprint density at radius 3 is 3.12 bits per heavy atom. The first kappa shape index (κ1) is 11.4. The average molecular weight is 234 g/mol. The highest BCUT2D eigenvalue weighted by Crippen LogP contribution is 2.32. The monoisotopic (exact) mass is 234 g/mol. The Hall–Kier alpha value is -2.04. The second-order valence-electron chi connectivity index (χ2n) is 3.78. The number of nitrogens with zero attached hydrogens (tertiary/aromatic N) is 1. The summed E-state index contributed by atoms with van der Waals surface area (Å²) in [6.07, 6.45) is 2.21. The van der Waals surface area contributed by atoms with E-state index in [0.29, 0.717) is 13.2 Å². The molecular weight excluding hydrogens is 220 g/mol. The highest BCUT2D eigenvalue weighted by molar-refractivity contribution is 5.82. The largest absolute Gasteiger partial charge is 0.454 e. The fraction of sp³-hybridized carbons (Fsp3) is 0.333. The summed E-state index contributed by atoms with van der Waals surface area (Å²) < 4.78 is 10.5. The maximum Gasteiger partial charge on any atom is 0.231 e. The van der Waals surface area contributed by atoms with Gasteiger partial charge in [-0.1, -0.05) is 6.07 Å². The van der Waals surface area contributed by atoms with Gasteiger partial charge < -0.3 is 9.47 Å². The van der Waals surface area contributed by atoms with Gasteiger partial charge in [0.2, 0.25) is 13.2 Å². The Morgan fingerprint density at radius 1 is 1.47 bits per heavy atom. The Morgan fingerprint density at radius 2 is 2.29 bits per heavy atom. The molecule has 5 nitrogen and oxygen atoms in total. The number of amides is 1. The van der Waals surface area contributed by atoms with Crippen LogP contribution in [0.5, 0.6) is 11.5 Å². The smallest absolute Gasteiger partial charge is 0.231 e. The Labute approximate surface area is 99.4 Å². The quantitative estimate of drug-likeness (QED) is 0.477. The lowest BCUT2D eigenvalue weighted by Gasteiger charge is -2.03. The van der Waals surface area contributed by atoms with E-state index >= 15 is 0 Å². The van der Waals surface area contributed by atoms with E-state index in [4.69, 9.17) is 9.47 Å². The molecule has 0 saturated heterocycles. The molecule has 1 aromatic carbocycles. The van der Waals surface area contributed by atoms with Crippen LogP contribution in [0.15, 0.2) is 23.3 Å². The molecule has 17 heavy (non-hydrogen) atoms. The van der Waals surface area contributed by atoms with E-state index in [-0.39, 0.29) is 0 Å². The molecule has 1 amide bonds. The first-order chi connectivity index (χ1) is 8.29. The van der Waals surface area contributed by atoms with Crippen LogP contribution >= 0.6 is 0 Å². The summed E-state index contributed by atoms with van der Waals surface area (Å²) in [6.45, 7) is 2.17. The van der Waals surface area contributed by atoms with Crippen molar-refractivity contribution < 1.29 is 14.3 Å². The zero-order chi connectivity index (χ0) is 12.1. The van der Waals surface area contributed by atoms with Crippen molar-refractivity contribution >= 4 is 12.1 Å². The summed E-state index contributed by atoms with van der Waals surface area (Å²) in [4.78, 5) is 10.1. The van der Waals surface area contributed by atoms with Crippen molar-refractivity contribution in [1.29, 1.82) is 0 Å². The lowest BCUT2D eigenvalue weighted by molar-refractivity contribution is -0.109. The number of benzene rings is 1. The minimum absolute atomic E-state index is 0.294. The molecule has 0 spiro atoms. The molecule has 0 unspecified atom stereocenters. The number of carbonyl (C=O) groups is 1.